The highest BCUT2D eigenvalue weighted by atomic mass is 16.3. The fourth-order valence-corrected chi connectivity index (χ4v) is 5.61. The lowest BCUT2D eigenvalue weighted by Gasteiger charge is -2.47. The van der Waals surface area contributed by atoms with Crippen LogP contribution in [-0.4, -0.2) is 58.5 Å². The third-order valence-electron chi connectivity index (χ3n) is 5.66. The van der Waals surface area contributed by atoms with Gasteiger partial charge in [-0.05, 0) is 81.1 Å². The van der Waals surface area contributed by atoms with Crippen LogP contribution in [0.1, 0.15) is 81.1 Å². The van der Waals surface area contributed by atoms with Crippen molar-refractivity contribution in [2.75, 3.05) is 13.1 Å². The Bertz CT molecular complexity index is 399. The van der Waals surface area contributed by atoms with Crippen molar-refractivity contribution in [3.8, 4) is 0 Å². The van der Waals surface area contributed by atoms with Gasteiger partial charge in [0.1, 0.15) is 0 Å². The van der Waals surface area contributed by atoms with E-state index in [-0.39, 0.29) is 28.3 Å². The van der Waals surface area contributed by atoms with Crippen molar-refractivity contribution >= 4 is 0 Å². The quantitative estimate of drug-likeness (QED) is 0.497. The number of piperidine rings is 2. The summed E-state index contributed by atoms with van der Waals surface area (Å²) in [6.45, 7) is 19.4. The van der Waals surface area contributed by atoms with Crippen LogP contribution < -0.4 is 21.3 Å². The van der Waals surface area contributed by atoms with Gasteiger partial charge in [0.15, 0.2) is 0 Å². The van der Waals surface area contributed by atoms with Gasteiger partial charge in [0.25, 0.3) is 0 Å². The second-order valence-corrected chi connectivity index (χ2v) is 11.5. The second-order valence-electron chi connectivity index (χ2n) is 11.5. The number of aliphatic hydroxyl groups excluding tert-OH is 1. The molecule has 154 valence electrons. The fraction of sp³-hybridized carbons (Fsp3) is 1.00. The first-order chi connectivity index (χ1) is 11.7. The smallest absolute Gasteiger partial charge is 0.0788 e. The van der Waals surface area contributed by atoms with Crippen LogP contribution in [0.25, 0.3) is 0 Å². The SMILES string of the molecule is CC1(C)CC(NCC(O)CNC2CC(C)(C)NC(C)(C)C2)CC(C)(C)N1. The summed E-state index contributed by atoms with van der Waals surface area (Å²) in [5, 5.41) is 25.1. The number of rotatable bonds is 6. The van der Waals surface area contributed by atoms with E-state index in [4.69, 9.17) is 0 Å². The molecular weight excluding hydrogens is 324 g/mol. The lowest BCUT2D eigenvalue weighted by atomic mass is 9.79. The van der Waals surface area contributed by atoms with Gasteiger partial charge in [-0.1, -0.05) is 0 Å². The molecule has 0 unspecified atom stereocenters. The summed E-state index contributed by atoms with van der Waals surface area (Å²) < 4.78 is 0. The van der Waals surface area contributed by atoms with Crippen molar-refractivity contribution in [2.45, 2.75) is 121 Å². The standard InChI is InChI=1S/C21H44N4O/c1-18(2)9-15(10-19(3,4)24-18)22-13-17(26)14-23-16-11-20(5,6)25-21(7,8)12-16/h15-17,22-26H,9-14H2,1-8H3. The minimum absolute atomic E-state index is 0.134. The summed E-state index contributed by atoms with van der Waals surface area (Å²) in [6.07, 6.45) is 4.01. The van der Waals surface area contributed by atoms with Crippen LogP contribution in [-0.2, 0) is 0 Å². The fourth-order valence-electron chi connectivity index (χ4n) is 5.61. The molecule has 0 bridgehead atoms. The zero-order valence-electron chi connectivity index (χ0n) is 18.4. The first-order valence-corrected chi connectivity index (χ1v) is 10.4. The molecule has 0 amide bonds. The van der Waals surface area contributed by atoms with Gasteiger partial charge >= 0.3 is 0 Å². The van der Waals surface area contributed by atoms with Crippen molar-refractivity contribution in [1.29, 1.82) is 0 Å². The van der Waals surface area contributed by atoms with Crippen molar-refractivity contribution in [2.24, 2.45) is 0 Å². The maximum atomic E-state index is 10.5. The average Bonchev–Trinajstić information content (AvgIpc) is 2.36. The van der Waals surface area contributed by atoms with Gasteiger partial charge in [-0.2, -0.15) is 0 Å². The number of hydrogen-bond acceptors (Lipinski definition) is 5. The Balaban J connectivity index is 1.76. The Morgan fingerprint density at radius 2 is 0.962 bits per heavy atom. The molecule has 2 fully saturated rings. The van der Waals surface area contributed by atoms with E-state index in [0.717, 1.165) is 25.7 Å². The monoisotopic (exact) mass is 368 g/mol. The molecule has 5 N–H and O–H groups in total. The predicted octanol–water partition coefficient (Wildman–Crippen LogP) is 2.14. The molecule has 0 aliphatic carbocycles. The van der Waals surface area contributed by atoms with Crippen LogP contribution in [0.3, 0.4) is 0 Å². The van der Waals surface area contributed by atoms with Crippen LogP contribution in [0.15, 0.2) is 0 Å². The molecule has 2 saturated heterocycles. The van der Waals surface area contributed by atoms with Crippen LogP contribution >= 0.6 is 0 Å². The minimum Gasteiger partial charge on any atom is -0.390 e. The molecule has 0 atom stereocenters. The lowest BCUT2D eigenvalue weighted by Crippen LogP contribution is -2.63. The lowest BCUT2D eigenvalue weighted by molar-refractivity contribution is 0.109. The average molecular weight is 369 g/mol. The highest BCUT2D eigenvalue weighted by molar-refractivity contribution is 5.01. The molecule has 2 heterocycles. The molecule has 0 radical (unpaired) electrons. The van der Waals surface area contributed by atoms with E-state index in [0.29, 0.717) is 25.2 Å². The maximum Gasteiger partial charge on any atom is 0.0788 e. The van der Waals surface area contributed by atoms with E-state index in [1.165, 1.54) is 0 Å². The van der Waals surface area contributed by atoms with E-state index in [2.05, 4.69) is 76.7 Å². The molecule has 0 aromatic rings. The number of aliphatic hydroxyl groups is 1. The van der Waals surface area contributed by atoms with Gasteiger partial charge < -0.3 is 26.4 Å². The van der Waals surface area contributed by atoms with Crippen LogP contribution in [0.2, 0.25) is 0 Å². The summed E-state index contributed by atoms with van der Waals surface area (Å²) in [4.78, 5) is 0. The molecule has 0 saturated carbocycles. The van der Waals surface area contributed by atoms with E-state index >= 15 is 0 Å². The Hall–Kier alpha value is -0.200. The van der Waals surface area contributed by atoms with Crippen LogP contribution in [0.4, 0.5) is 0 Å². The molecule has 0 spiro atoms. The molecule has 5 heteroatoms. The zero-order chi connectivity index (χ0) is 19.8. The molecular formula is C21H44N4O. The number of nitrogens with one attached hydrogen (secondary N) is 4. The maximum absolute atomic E-state index is 10.5. The van der Waals surface area contributed by atoms with E-state index in [1.54, 1.807) is 0 Å². The van der Waals surface area contributed by atoms with E-state index in [1.807, 2.05) is 0 Å². The summed E-state index contributed by atoms with van der Waals surface area (Å²) in [5.41, 5.74) is 0.535. The van der Waals surface area contributed by atoms with Gasteiger partial charge in [0.2, 0.25) is 0 Å². The first kappa shape index (κ1) is 22.1. The summed E-state index contributed by atoms with van der Waals surface area (Å²) in [7, 11) is 0. The summed E-state index contributed by atoms with van der Waals surface area (Å²) in [6, 6.07) is 0.903. The number of hydrogen-bond donors (Lipinski definition) is 5. The molecule has 0 aromatic heterocycles. The minimum atomic E-state index is -0.350. The summed E-state index contributed by atoms with van der Waals surface area (Å²) >= 11 is 0. The predicted molar refractivity (Wildman–Crippen MR) is 111 cm³/mol. The normalized spacial score (nSPS) is 28.4. The third kappa shape index (κ3) is 7.08. The van der Waals surface area contributed by atoms with Crippen LogP contribution in [0, 0.1) is 0 Å². The van der Waals surface area contributed by atoms with E-state index in [9.17, 15) is 5.11 Å². The molecule has 26 heavy (non-hydrogen) atoms. The second kappa shape index (κ2) is 7.67. The summed E-state index contributed by atoms with van der Waals surface area (Å²) in [5.74, 6) is 0. The largest absolute Gasteiger partial charge is 0.390 e. The van der Waals surface area contributed by atoms with Crippen molar-refractivity contribution in [1.82, 2.24) is 21.3 Å². The zero-order valence-corrected chi connectivity index (χ0v) is 18.4. The molecule has 2 rings (SSSR count). The van der Waals surface area contributed by atoms with Gasteiger partial charge in [-0.3, -0.25) is 0 Å². The Labute approximate surface area is 161 Å². The molecule has 2 aliphatic rings. The highest BCUT2D eigenvalue weighted by Gasteiger charge is 2.38. The van der Waals surface area contributed by atoms with Gasteiger partial charge in [-0.25, -0.2) is 0 Å². The Morgan fingerprint density at radius 3 is 1.23 bits per heavy atom. The third-order valence-corrected chi connectivity index (χ3v) is 5.66. The molecule has 0 aromatic carbocycles. The van der Waals surface area contributed by atoms with Crippen LogP contribution in [0.5, 0.6) is 0 Å². The Morgan fingerprint density at radius 1 is 0.692 bits per heavy atom. The molecule has 2 aliphatic heterocycles. The molecule has 5 nitrogen and oxygen atoms in total. The van der Waals surface area contributed by atoms with Crippen molar-refractivity contribution in [3.05, 3.63) is 0 Å². The Kier molecular flexibility index (Phi) is 6.52. The van der Waals surface area contributed by atoms with Crippen molar-refractivity contribution < 1.29 is 5.11 Å². The van der Waals surface area contributed by atoms with Crippen molar-refractivity contribution in [3.63, 3.8) is 0 Å². The van der Waals surface area contributed by atoms with Gasteiger partial charge in [0, 0.05) is 47.3 Å². The topological polar surface area (TPSA) is 68.3 Å². The van der Waals surface area contributed by atoms with Gasteiger partial charge in [-0.15, -0.1) is 0 Å². The van der Waals surface area contributed by atoms with E-state index < -0.39 is 0 Å². The first-order valence-electron chi connectivity index (χ1n) is 10.4. The highest BCUT2D eigenvalue weighted by Crippen LogP contribution is 2.29. The van der Waals surface area contributed by atoms with Gasteiger partial charge in [0.05, 0.1) is 6.10 Å².